The van der Waals surface area contributed by atoms with Gasteiger partial charge in [-0.05, 0) is 0 Å². The SMILES string of the molecule is O=C1CC(C(Cl)Cl)C(Cl)O1. The molecule has 0 radical (unpaired) electrons. The molecule has 0 aromatic heterocycles. The van der Waals surface area contributed by atoms with Crippen LogP contribution in [0.25, 0.3) is 0 Å². The molecule has 0 spiro atoms. The number of rotatable bonds is 1. The third-order valence-corrected chi connectivity index (χ3v) is 2.37. The summed E-state index contributed by atoms with van der Waals surface area (Å²) in [5.74, 6) is -0.603. The molecule has 0 aromatic carbocycles. The van der Waals surface area contributed by atoms with Gasteiger partial charge in [0.1, 0.15) is 4.84 Å². The Hall–Kier alpha value is 0.340. The minimum atomic E-state index is -0.660. The lowest BCUT2D eigenvalue weighted by Crippen LogP contribution is -2.15. The molecule has 1 saturated heterocycles. The van der Waals surface area contributed by atoms with E-state index in [0.29, 0.717) is 0 Å². The summed E-state index contributed by atoms with van der Waals surface area (Å²) < 4.78 is 4.59. The lowest BCUT2D eigenvalue weighted by Gasteiger charge is -2.09. The summed E-state index contributed by atoms with van der Waals surface area (Å²) in [5, 5.41) is 0. The number of hydrogen-bond donors (Lipinski definition) is 0. The minimum absolute atomic E-state index is 0.214. The molecular formula is C5H5Cl3O2. The predicted octanol–water partition coefficient (Wildman–Crippen LogP) is 1.92. The molecule has 1 rings (SSSR count). The Morgan fingerprint density at radius 3 is 2.40 bits per heavy atom. The van der Waals surface area contributed by atoms with Gasteiger partial charge in [0, 0.05) is 0 Å². The van der Waals surface area contributed by atoms with Crippen molar-refractivity contribution in [2.75, 3.05) is 0 Å². The second kappa shape index (κ2) is 3.16. The Morgan fingerprint density at radius 1 is 1.60 bits per heavy atom. The van der Waals surface area contributed by atoms with Gasteiger partial charge in [-0.1, -0.05) is 11.6 Å². The highest BCUT2D eigenvalue weighted by atomic mass is 35.5. The van der Waals surface area contributed by atoms with E-state index < -0.39 is 10.4 Å². The van der Waals surface area contributed by atoms with E-state index in [-0.39, 0.29) is 18.3 Å². The monoisotopic (exact) mass is 202 g/mol. The van der Waals surface area contributed by atoms with Crippen LogP contribution in [0.3, 0.4) is 0 Å². The van der Waals surface area contributed by atoms with Crippen LogP contribution in [-0.2, 0) is 9.53 Å². The number of hydrogen-bond acceptors (Lipinski definition) is 2. The van der Waals surface area contributed by atoms with Crippen molar-refractivity contribution in [3.63, 3.8) is 0 Å². The van der Waals surface area contributed by atoms with Crippen LogP contribution in [0.15, 0.2) is 0 Å². The molecule has 1 aliphatic rings. The summed E-state index contributed by atoms with van der Waals surface area (Å²) in [4.78, 5) is 9.91. The highest BCUT2D eigenvalue weighted by Crippen LogP contribution is 2.32. The first-order chi connectivity index (χ1) is 4.61. The van der Waals surface area contributed by atoms with Gasteiger partial charge in [0.15, 0.2) is 5.56 Å². The molecule has 1 aliphatic heterocycles. The lowest BCUT2D eigenvalue weighted by atomic mass is 10.1. The normalized spacial score (nSPS) is 33.0. The Bertz CT molecular complexity index is 148. The second-order valence-electron chi connectivity index (χ2n) is 2.04. The van der Waals surface area contributed by atoms with Gasteiger partial charge in [-0.3, -0.25) is 4.79 Å². The third kappa shape index (κ3) is 1.68. The van der Waals surface area contributed by atoms with Crippen LogP contribution in [0.4, 0.5) is 0 Å². The van der Waals surface area contributed by atoms with Crippen molar-refractivity contribution in [2.45, 2.75) is 16.8 Å². The number of cyclic esters (lactones) is 1. The summed E-state index contributed by atoms with van der Waals surface area (Å²) in [6.45, 7) is 0. The van der Waals surface area contributed by atoms with E-state index in [4.69, 9.17) is 34.8 Å². The zero-order valence-electron chi connectivity index (χ0n) is 4.89. The first-order valence-corrected chi connectivity index (χ1v) is 4.04. The fraction of sp³-hybridized carbons (Fsp3) is 0.800. The summed E-state index contributed by atoms with van der Waals surface area (Å²) in [7, 11) is 0. The molecule has 0 aromatic rings. The van der Waals surface area contributed by atoms with Crippen molar-refractivity contribution in [1.29, 1.82) is 0 Å². The van der Waals surface area contributed by atoms with Crippen LogP contribution in [0, 0.1) is 5.92 Å². The van der Waals surface area contributed by atoms with E-state index in [2.05, 4.69) is 4.74 Å². The van der Waals surface area contributed by atoms with Crippen LogP contribution in [-0.4, -0.2) is 16.4 Å². The number of carbonyl (C=O) groups excluding carboxylic acids is 1. The summed E-state index contributed by atoms with van der Waals surface area (Å²) >= 11 is 16.5. The van der Waals surface area contributed by atoms with Crippen LogP contribution < -0.4 is 0 Å². The Kier molecular flexibility index (Phi) is 2.67. The Morgan fingerprint density at radius 2 is 2.20 bits per heavy atom. The van der Waals surface area contributed by atoms with Crippen LogP contribution in [0.5, 0.6) is 0 Å². The highest BCUT2D eigenvalue weighted by Gasteiger charge is 2.37. The molecule has 1 fully saturated rings. The van der Waals surface area contributed by atoms with Gasteiger partial charge in [-0.15, -0.1) is 23.2 Å². The van der Waals surface area contributed by atoms with Gasteiger partial charge < -0.3 is 4.74 Å². The quantitative estimate of drug-likeness (QED) is 0.481. The average molecular weight is 203 g/mol. The smallest absolute Gasteiger partial charge is 0.307 e. The molecule has 0 N–H and O–H groups in total. The molecule has 0 aliphatic carbocycles. The molecule has 0 amide bonds. The predicted molar refractivity (Wildman–Crippen MR) is 39.3 cm³/mol. The first-order valence-electron chi connectivity index (χ1n) is 2.73. The summed E-state index contributed by atoms with van der Waals surface area (Å²) in [6, 6.07) is 0. The zero-order valence-corrected chi connectivity index (χ0v) is 7.16. The minimum Gasteiger partial charge on any atom is -0.446 e. The van der Waals surface area contributed by atoms with Gasteiger partial charge in [-0.25, -0.2) is 0 Å². The largest absolute Gasteiger partial charge is 0.446 e. The van der Waals surface area contributed by atoms with Crippen LogP contribution in [0.1, 0.15) is 6.42 Å². The van der Waals surface area contributed by atoms with Gasteiger partial charge in [0.2, 0.25) is 0 Å². The van der Waals surface area contributed by atoms with E-state index in [1.807, 2.05) is 0 Å². The number of ether oxygens (including phenoxy) is 1. The van der Waals surface area contributed by atoms with Crippen molar-refractivity contribution >= 4 is 40.8 Å². The zero-order chi connectivity index (χ0) is 7.72. The number of carbonyl (C=O) groups is 1. The first kappa shape index (κ1) is 8.44. The molecule has 2 unspecified atom stereocenters. The number of halogens is 3. The van der Waals surface area contributed by atoms with Gasteiger partial charge in [-0.2, -0.15) is 0 Å². The van der Waals surface area contributed by atoms with Gasteiger partial charge >= 0.3 is 5.97 Å². The molecule has 1 heterocycles. The van der Waals surface area contributed by atoms with Crippen molar-refractivity contribution in [1.82, 2.24) is 0 Å². The molecule has 2 nitrogen and oxygen atoms in total. The molecule has 58 valence electrons. The van der Waals surface area contributed by atoms with Gasteiger partial charge in [0.05, 0.1) is 12.3 Å². The Labute approximate surface area is 73.4 Å². The van der Waals surface area contributed by atoms with E-state index in [9.17, 15) is 4.79 Å². The Balaban J connectivity index is 2.54. The fourth-order valence-corrected chi connectivity index (χ4v) is 1.67. The summed E-state index contributed by atoms with van der Waals surface area (Å²) in [5.41, 5.74) is -0.660. The topological polar surface area (TPSA) is 26.3 Å². The van der Waals surface area contributed by atoms with Crippen LogP contribution >= 0.6 is 34.8 Å². The summed E-state index contributed by atoms with van der Waals surface area (Å²) in [6.07, 6.45) is 0.214. The number of esters is 1. The number of alkyl halides is 3. The molecule has 5 heteroatoms. The average Bonchev–Trinajstić information content (AvgIpc) is 2.10. The van der Waals surface area contributed by atoms with Crippen molar-refractivity contribution in [3.8, 4) is 0 Å². The molecule has 0 bridgehead atoms. The second-order valence-corrected chi connectivity index (χ2v) is 3.64. The maximum absolute atomic E-state index is 10.5. The third-order valence-electron chi connectivity index (χ3n) is 1.31. The standard InChI is InChI=1S/C5H5Cl3O2/c6-4(7)2-1-3(9)10-5(2)8/h2,4-5H,1H2. The lowest BCUT2D eigenvalue weighted by molar-refractivity contribution is -0.139. The molecule has 2 atom stereocenters. The van der Waals surface area contributed by atoms with E-state index in [1.54, 1.807) is 0 Å². The maximum atomic E-state index is 10.5. The van der Waals surface area contributed by atoms with E-state index >= 15 is 0 Å². The van der Waals surface area contributed by atoms with Crippen molar-refractivity contribution in [2.24, 2.45) is 5.92 Å². The molecule has 0 saturated carbocycles. The van der Waals surface area contributed by atoms with E-state index in [1.165, 1.54) is 0 Å². The van der Waals surface area contributed by atoms with Crippen molar-refractivity contribution < 1.29 is 9.53 Å². The maximum Gasteiger partial charge on any atom is 0.307 e. The van der Waals surface area contributed by atoms with E-state index in [0.717, 1.165) is 0 Å². The molecular weight excluding hydrogens is 198 g/mol. The van der Waals surface area contributed by atoms with Crippen LogP contribution in [0.2, 0.25) is 0 Å². The van der Waals surface area contributed by atoms with Gasteiger partial charge in [0.25, 0.3) is 0 Å². The molecule has 10 heavy (non-hydrogen) atoms. The highest BCUT2D eigenvalue weighted by molar-refractivity contribution is 6.45. The fourth-order valence-electron chi connectivity index (χ4n) is 0.750. The van der Waals surface area contributed by atoms with Crippen molar-refractivity contribution in [3.05, 3.63) is 0 Å².